The second-order valence-corrected chi connectivity index (χ2v) is 11.8. The van der Waals surface area contributed by atoms with Gasteiger partial charge in [0, 0.05) is 21.3 Å². The summed E-state index contributed by atoms with van der Waals surface area (Å²) in [6, 6.07) is 0. The van der Waals surface area contributed by atoms with Gasteiger partial charge in [0.25, 0.3) is 0 Å². The quantitative estimate of drug-likeness (QED) is 0.744. The van der Waals surface area contributed by atoms with Crippen LogP contribution >= 0.6 is 0 Å². The Hall–Kier alpha value is -0.0231. The summed E-state index contributed by atoms with van der Waals surface area (Å²) >= 11 is 0. The summed E-state index contributed by atoms with van der Waals surface area (Å²) in [6.07, 6.45) is -4.47. The fourth-order valence-electron chi connectivity index (χ4n) is 2.10. The maximum atomic E-state index is 10.2. The third-order valence-electron chi connectivity index (χ3n) is 4.60. The van der Waals surface area contributed by atoms with Crippen molar-refractivity contribution in [1.29, 1.82) is 0 Å². The van der Waals surface area contributed by atoms with E-state index in [2.05, 4.69) is 33.9 Å². The van der Waals surface area contributed by atoms with Crippen molar-refractivity contribution in [2.75, 3.05) is 27.9 Å². The molecule has 1 rings (SSSR count). The van der Waals surface area contributed by atoms with Crippen LogP contribution in [0.1, 0.15) is 24.9 Å². The Morgan fingerprint density at radius 3 is 2.14 bits per heavy atom. The Balaban J connectivity index is 2.93. The molecule has 6 nitrogen and oxygen atoms in total. The molecule has 0 spiro atoms. The maximum Gasteiger partial charge on any atom is 0.192 e. The predicted molar refractivity (Wildman–Crippen MR) is 86.4 cm³/mol. The summed E-state index contributed by atoms with van der Waals surface area (Å²) in [6.45, 7) is 10.8. The SMILES string of the molecule is [2H]CO[C@H]1[C@H](OC[2H])[C@@H](OC[2H])C(O)O[C@@H]1CO[Si](C)(C)C(C)(C)C. The van der Waals surface area contributed by atoms with Crippen molar-refractivity contribution >= 4 is 8.32 Å². The summed E-state index contributed by atoms with van der Waals surface area (Å²) in [5, 5.41) is 10.2. The molecule has 0 radical (unpaired) electrons. The lowest BCUT2D eigenvalue weighted by molar-refractivity contribution is -0.298. The van der Waals surface area contributed by atoms with Crippen molar-refractivity contribution in [1.82, 2.24) is 0 Å². The molecule has 0 saturated carbocycles. The number of rotatable bonds is 6. The molecule has 1 fully saturated rings. The van der Waals surface area contributed by atoms with Crippen LogP contribution in [0, 0.1) is 0 Å². The van der Waals surface area contributed by atoms with Crippen LogP contribution in [0.4, 0.5) is 0 Å². The zero-order valence-corrected chi connectivity index (χ0v) is 15.2. The molecule has 1 saturated heterocycles. The summed E-state index contributed by atoms with van der Waals surface area (Å²) < 4.78 is 49.7. The average Bonchev–Trinajstić information content (AvgIpc) is 2.51. The molecule has 1 unspecified atom stereocenters. The van der Waals surface area contributed by atoms with Gasteiger partial charge in [-0.05, 0) is 18.1 Å². The minimum Gasteiger partial charge on any atom is -0.414 e. The molecule has 132 valence electrons. The van der Waals surface area contributed by atoms with Gasteiger partial charge >= 0.3 is 0 Å². The number of methoxy groups -OCH3 is 3. The standard InChI is InChI=1S/C15H32O6Si/c1-15(2,3)22(7,8)20-9-10-11(17-4)12(18-5)13(19-6)14(16)21-10/h10-14,16H,9H2,1-8H3/t10-,11-,12+,13-,14?/m1/s1/i4D,5D,6D. The molecule has 1 heterocycles. The lowest BCUT2D eigenvalue weighted by atomic mass is 9.99. The van der Waals surface area contributed by atoms with Gasteiger partial charge in [0.1, 0.15) is 24.4 Å². The molecule has 1 aliphatic rings. The minimum absolute atomic E-state index is 0.0139. The zero-order chi connectivity index (χ0) is 19.3. The molecule has 5 atom stereocenters. The van der Waals surface area contributed by atoms with Crippen molar-refractivity contribution < 1.29 is 32.6 Å². The first-order valence-electron chi connectivity index (χ1n) is 9.41. The highest BCUT2D eigenvalue weighted by Gasteiger charge is 2.47. The number of aliphatic hydroxyl groups is 1. The van der Waals surface area contributed by atoms with Gasteiger partial charge in [-0.1, -0.05) is 20.8 Å². The van der Waals surface area contributed by atoms with E-state index in [1.54, 1.807) is 0 Å². The maximum absolute atomic E-state index is 10.2. The summed E-state index contributed by atoms with van der Waals surface area (Å²) in [5.74, 6) is 0. The molecule has 7 heteroatoms. The van der Waals surface area contributed by atoms with Crippen molar-refractivity contribution in [2.45, 2.75) is 69.6 Å². The van der Waals surface area contributed by atoms with E-state index < -0.39 is 39.0 Å². The topological polar surface area (TPSA) is 66.4 Å². The van der Waals surface area contributed by atoms with E-state index in [0.29, 0.717) is 0 Å². The van der Waals surface area contributed by atoms with Gasteiger partial charge in [0.2, 0.25) is 0 Å². The third-order valence-corrected chi connectivity index (χ3v) is 9.10. The van der Waals surface area contributed by atoms with Crippen LogP contribution in [0.5, 0.6) is 0 Å². The second kappa shape index (κ2) is 7.70. The molecule has 1 aliphatic heterocycles. The van der Waals surface area contributed by atoms with Crippen LogP contribution in [0.25, 0.3) is 0 Å². The van der Waals surface area contributed by atoms with Crippen molar-refractivity contribution in [3.8, 4) is 0 Å². The van der Waals surface area contributed by atoms with Crippen LogP contribution in [0.15, 0.2) is 0 Å². The van der Waals surface area contributed by atoms with E-state index in [-0.39, 0.29) is 32.9 Å². The predicted octanol–water partition coefficient (Wildman–Crippen LogP) is 1.77. The second-order valence-electron chi connectivity index (χ2n) is 7.03. The number of hydrogen-bond donors (Lipinski definition) is 1. The highest BCUT2D eigenvalue weighted by molar-refractivity contribution is 6.74. The fourth-order valence-corrected chi connectivity index (χ4v) is 3.12. The number of aliphatic hydroxyl groups excluding tert-OH is 1. The molecule has 0 bridgehead atoms. The van der Waals surface area contributed by atoms with E-state index in [1.165, 1.54) is 0 Å². The van der Waals surface area contributed by atoms with Gasteiger partial charge in [-0.3, -0.25) is 0 Å². The molecule has 0 aromatic rings. The fraction of sp³-hybridized carbons (Fsp3) is 1.00. The number of hydrogen-bond acceptors (Lipinski definition) is 6. The van der Waals surface area contributed by atoms with E-state index in [4.69, 9.17) is 27.5 Å². The number of ether oxygens (including phenoxy) is 4. The van der Waals surface area contributed by atoms with Crippen LogP contribution in [-0.4, -0.2) is 72.0 Å². The van der Waals surface area contributed by atoms with Crippen molar-refractivity contribution in [3.05, 3.63) is 0 Å². The Morgan fingerprint density at radius 2 is 1.59 bits per heavy atom. The Morgan fingerprint density at radius 1 is 1.05 bits per heavy atom. The highest BCUT2D eigenvalue weighted by Crippen LogP contribution is 2.37. The first-order valence-corrected chi connectivity index (χ1v) is 10.2. The van der Waals surface area contributed by atoms with Gasteiger partial charge in [-0.15, -0.1) is 0 Å². The smallest absolute Gasteiger partial charge is 0.192 e. The minimum atomic E-state index is -2.04. The molecule has 0 amide bonds. The lowest BCUT2D eigenvalue weighted by Gasteiger charge is -2.44. The molecule has 22 heavy (non-hydrogen) atoms. The van der Waals surface area contributed by atoms with E-state index in [9.17, 15) is 5.11 Å². The summed E-state index contributed by atoms with van der Waals surface area (Å²) in [4.78, 5) is 0. The van der Waals surface area contributed by atoms with Crippen LogP contribution in [0.3, 0.4) is 0 Å². The monoisotopic (exact) mass is 339 g/mol. The van der Waals surface area contributed by atoms with Crippen molar-refractivity contribution in [3.63, 3.8) is 0 Å². The average molecular weight is 340 g/mol. The van der Waals surface area contributed by atoms with Gasteiger partial charge in [-0.2, -0.15) is 0 Å². The molecule has 0 aromatic carbocycles. The Kier molecular flexibility index (Phi) is 5.42. The van der Waals surface area contributed by atoms with Crippen LogP contribution in [-0.2, 0) is 23.4 Å². The Labute approximate surface area is 139 Å². The first-order chi connectivity index (χ1) is 11.6. The van der Waals surface area contributed by atoms with Crippen molar-refractivity contribution in [2.24, 2.45) is 0 Å². The molecule has 0 aromatic heterocycles. The normalized spacial score (nSPS) is 35.7. The van der Waals surface area contributed by atoms with Gasteiger partial charge in [0.15, 0.2) is 14.6 Å². The Bertz CT molecular complexity index is 396. The van der Waals surface area contributed by atoms with E-state index in [0.717, 1.165) is 0 Å². The molecule has 1 N–H and O–H groups in total. The van der Waals surface area contributed by atoms with E-state index in [1.807, 2.05) is 0 Å². The van der Waals surface area contributed by atoms with Gasteiger partial charge in [-0.25, -0.2) is 0 Å². The third kappa shape index (κ3) is 4.28. The highest BCUT2D eigenvalue weighted by atomic mass is 28.4. The van der Waals surface area contributed by atoms with E-state index >= 15 is 0 Å². The van der Waals surface area contributed by atoms with Crippen LogP contribution < -0.4 is 0 Å². The molecular formula is C15H32O6Si. The zero-order valence-electron chi connectivity index (χ0n) is 17.2. The summed E-state index contributed by atoms with van der Waals surface area (Å²) in [5.41, 5.74) is 0. The van der Waals surface area contributed by atoms with Gasteiger partial charge < -0.3 is 28.5 Å². The van der Waals surface area contributed by atoms with Crippen LogP contribution in [0.2, 0.25) is 18.1 Å². The molecular weight excluding hydrogens is 304 g/mol. The summed E-state index contributed by atoms with van der Waals surface area (Å²) in [7, 11) is -3.11. The lowest BCUT2D eigenvalue weighted by Crippen LogP contribution is -2.61. The first kappa shape index (κ1) is 15.5. The van der Waals surface area contributed by atoms with Gasteiger partial charge in [0.05, 0.1) is 10.7 Å². The molecule has 0 aliphatic carbocycles. The largest absolute Gasteiger partial charge is 0.414 e.